The lowest BCUT2D eigenvalue weighted by Crippen LogP contribution is -1.95. The summed E-state index contributed by atoms with van der Waals surface area (Å²) in [4.78, 5) is 0. The van der Waals surface area contributed by atoms with Gasteiger partial charge < -0.3 is 9.13 Å². The first kappa shape index (κ1) is 31.5. The molecule has 268 valence electrons. The molecule has 2 aromatic heterocycles. The molecule has 0 saturated heterocycles. The van der Waals surface area contributed by atoms with Gasteiger partial charge in [0.1, 0.15) is 0 Å². The molecule has 11 aromatic carbocycles. The van der Waals surface area contributed by atoms with E-state index in [1.54, 1.807) is 0 Å². The van der Waals surface area contributed by atoms with E-state index in [2.05, 4.69) is 215 Å². The van der Waals surface area contributed by atoms with Crippen LogP contribution in [0.1, 0.15) is 0 Å². The molecule has 0 spiro atoms. The Bertz CT molecular complexity index is 3490. The second kappa shape index (κ2) is 11.9. The van der Waals surface area contributed by atoms with E-state index < -0.39 is 0 Å². The first-order valence-corrected chi connectivity index (χ1v) is 20.1. The fourth-order valence-electron chi connectivity index (χ4n) is 10.2. The van der Waals surface area contributed by atoms with Gasteiger partial charge in [-0.05, 0) is 126 Å². The van der Waals surface area contributed by atoms with Gasteiger partial charge in [-0.25, -0.2) is 0 Å². The summed E-state index contributed by atoms with van der Waals surface area (Å²) < 4.78 is 4.94. The van der Waals surface area contributed by atoms with Crippen molar-refractivity contribution in [1.82, 2.24) is 9.13 Å². The Morgan fingerprint density at radius 3 is 1.00 bits per heavy atom. The quantitative estimate of drug-likeness (QED) is 0.126. The predicted octanol–water partition coefficient (Wildman–Crippen LogP) is 15.3. The van der Waals surface area contributed by atoms with Gasteiger partial charge in [0.05, 0.1) is 22.1 Å². The van der Waals surface area contributed by atoms with Gasteiger partial charge in [0, 0.05) is 32.9 Å². The Hall–Kier alpha value is -7.68. The summed E-state index contributed by atoms with van der Waals surface area (Å²) in [5.41, 5.74) is 12.1. The zero-order valence-electron chi connectivity index (χ0n) is 31.5. The molecule has 2 heterocycles. The van der Waals surface area contributed by atoms with Gasteiger partial charge >= 0.3 is 0 Å². The van der Waals surface area contributed by atoms with Crippen molar-refractivity contribution >= 4 is 86.7 Å². The van der Waals surface area contributed by atoms with Crippen LogP contribution in [0.3, 0.4) is 0 Å². The normalized spacial score (nSPS) is 12.1. The van der Waals surface area contributed by atoms with Crippen LogP contribution in [0, 0.1) is 0 Å². The molecule has 0 aliphatic heterocycles. The summed E-state index contributed by atoms with van der Waals surface area (Å²) in [7, 11) is 0. The smallest absolute Gasteiger partial charge is 0.0553 e. The predicted molar refractivity (Wildman–Crippen MR) is 247 cm³/mol. The maximum absolute atomic E-state index is 2.49. The third-order valence-corrected chi connectivity index (χ3v) is 12.6. The zero-order chi connectivity index (χ0) is 37.9. The molecule has 0 atom stereocenters. The maximum Gasteiger partial charge on any atom is 0.0553 e. The van der Waals surface area contributed by atoms with Crippen LogP contribution in [0.5, 0.6) is 0 Å². The highest BCUT2D eigenvalue weighted by atomic mass is 15.0. The third-order valence-electron chi connectivity index (χ3n) is 12.6. The van der Waals surface area contributed by atoms with E-state index in [4.69, 9.17) is 0 Å². The topological polar surface area (TPSA) is 9.86 Å². The molecule has 0 unspecified atom stereocenters. The first-order valence-electron chi connectivity index (χ1n) is 20.1. The second-order valence-corrected chi connectivity index (χ2v) is 15.6. The Labute approximate surface area is 334 Å². The van der Waals surface area contributed by atoms with Crippen LogP contribution < -0.4 is 0 Å². The number of hydrogen-bond acceptors (Lipinski definition) is 0. The van der Waals surface area contributed by atoms with E-state index in [-0.39, 0.29) is 0 Å². The molecule has 13 aromatic rings. The molecule has 0 fully saturated rings. The van der Waals surface area contributed by atoms with Gasteiger partial charge in [-0.15, -0.1) is 0 Å². The monoisotopic (exact) mass is 734 g/mol. The number of rotatable bonds is 4. The Balaban J connectivity index is 1.22. The summed E-state index contributed by atoms with van der Waals surface area (Å²) in [6, 6.07) is 76.2. The molecule has 0 amide bonds. The van der Waals surface area contributed by atoms with Crippen molar-refractivity contribution in [3.63, 3.8) is 0 Å². The number of fused-ring (bicyclic) bond motifs is 10. The van der Waals surface area contributed by atoms with E-state index in [0.29, 0.717) is 0 Å². The molecule has 0 saturated carbocycles. The fourth-order valence-corrected chi connectivity index (χ4v) is 10.2. The third kappa shape index (κ3) is 4.32. The molecule has 0 radical (unpaired) electrons. The Morgan fingerprint density at radius 2 is 0.586 bits per heavy atom. The lowest BCUT2D eigenvalue weighted by atomic mass is 9.87. The van der Waals surface area contributed by atoms with Gasteiger partial charge in [-0.3, -0.25) is 0 Å². The summed E-state index contributed by atoms with van der Waals surface area (Å²) in [5.74, 6) is 0. The van der Waals surface area contributed by atoms with Gasteiger partial charge in [-0.2, -0.15) is 0 Å². The number of nitrogens with zero attached hydrogens (tertiary/aromatic N) is 2. The SMILES string of the molecule is c1ccc(-c2ccc3c(c2)c2c4cccc5c6cc7c(c8cccc(c(cc2n3-c2ccccc2)c54)c68)c2cc(-c3ccccc3)ccc2n7-c2ccccc2)cc1. The van der Waals surface area contributed by atoms with Crippen molar-refractivity contribution in [2.75, 3.05) is 0 Å². The Morgan fingerprint density at radius 1 is 0.207 bits per heavy atom. The van der Waals surface area contributed by atoms with Crippen molar-refractivity contribution in [2.24, 2.45) is 0 Å². The minimum Gasteiger partial charge on any atom is -0.309 e. The first-order chi connectivity index (χ1) is 28.8. The molecule has 58 heavy (non-hydrogen) atoms. The maximum atomic E-state index is 2.49. The van der Waals surface area contributed by atoms with Gasteiger partial charge in [-0.1, -0.05) is 146 Å². The zero-order valence-corrected chi connectivity index (χ0v) is 31.5. The average Bonchev–Trinajstić information content (AvgIpc) is 3.81. The van der Waals surface area contributed by atoms with Gasteiger partial charge in [0.15, 0.2) is 0 Å². The van der Waals surface area contributed by atoms with E-state index in [1.165, 1.54) is 109 Å². The summed E-state index contributed by atoms with van der Waals surface area (Å²) in [5, 5.41) is 15.5. The second-order valence-electron chi connectivity index (χ2n) is 15.6. The summed E-state index contributed by atoms with van der Waals surface area (Å²) in [6.07, 6.45) is 0. The van der Waals surface area contributed by atoms with Crippen LogP contribution in [-0.2, 0) is 0 Å². The van der Waals surface area contributed by atoms with Crippen LogP contribution >= 0.6 is 0 Å². The van der Waals surface area contributed by atoms with Crippen molar-refractivity contribution in [3.8, 4) is 33.6 Å². The molecular formula is C56H34N2. The molecule has 2 nitrogen and oxygen atoms in total. The molecule has 13 rings (SSSR count). The average molecular weight is 735 g/mol. The minimum absolute atomic E-state index is 1.16. The van der Waals surface area contributed by atoms with Gasteiger partial charge in [0.2, 0.25) is 0 Å². The number of aromatic nitrogens is 2. The van der Waals surface area contributed by atoms with Crippen LogP contribution in [0.4, 0.5) is 0 Å². The van der Waals surface area contributed by atoms with E-state index >= 15 is 0 Å². The highest BCUT2D eigenvalue weighted by Gasteiger charge is 2.24. The summed E-state index contributed by atoms with van der Waals surface area (Å²) >= 11 is 0. The van der Waals surface area contributed by atoms with E-state index in [1.807, 2.05) is 0 Å². The number of benzene rings is 11. The van der Waals surface area contributed by atoms with Crippen molar-refractivity contribution in [1.29, 1.82) is 0 Å². The van der Waals surface area contributed by atoms with E-state index in [0.717, 1.165) is 11.4 Å². The highest BCUT2D eigenvalue weighted by Crippen LogP contribution is 2.49. The molecule has 2 heteroatoms. The molecule has 0 N–H and O–H groups in total. The molecular weight excluding hydrogens is 701 g/mol. The van der Waals surface area contributed by atoms with Crippen molar-refractivity contribution < 1.29 is 0 Å². The summed E-state index contributed by atoms with van der Waals surface area (Å²) in [6.45, 7) is 0. The standard InChI is InChI=1S/C56H34N2/c1-5-15-35(16-6-1)37-27-29-49-47(31-37)55-43-25-13-23-41-46-34-52-56(48-32-38(36-17-7-2-8-18-36)28-30-50(48)58(52)40-21-11-4-12-22-40)44-26-14-24-42(54(44)46)45(53(41)43)33-51(55)57(49)39-19-9-3-10-20-39/h1-34H. The molecule has 0 aliphatic carbocycles. The highest BCUT2D eigenvalue weighted by molar-refractivity contribution is 6.41. The number of hydrogen-bond donors (Lipinski definition) is 0. The lowest BCUT2D eigenvalue weighted by molar-refractivity contribution is 1.18. The largest absolute Gasteiger partial charge is 0.309 e. The number of para-hydroxylation sites is 2. The van der Waals surface area contributed by atoms with Crippen molar-refractivity contribution in [2.45, 2.75) is 0 Å². The van der Waals surface area contributed by atoms with Crippen molar-refractivity contribution in [3.05, 3.63) is 206 Å². The molecule has 0 bridgehead atoms. The van der Waals surface area contributed by atoms with Crippen LogP contribution in [0.15, 0.2) is 206 Å². The minimum atomic E-state index is 1.16. The van der Waals surface area contributed by atoms with E-state index in [9.17, 15) is 0 Å². The fraction of sp³-hybridized carbons (Fsp3) is 0. The van der Waals surface area contributed by atoms with Gasteiger partial charge in [0.25, 0.3) is 0 Å². The van der Waals surface area contributed by atoms with Crippen LogP contribution in [-0.4, -0.2) is 9.13 Å². The van der Waals surface area contributed by atoms with Crippen LogP contribution in [0.25, 0.3) is 120 Å². The molecule has 0 aliphatic rings. The van der Waals surface area contributed by atoms with Crippen LogP contribution in [0.2, 0.25) is 0 Å². The Kier molecular flexibility index (Phi) is 6.47. The lowest BCUT2D eigenvalue weighted by Gasteiger charge is -2.17.